The predicted octanol–water partition coefficient (Wildman–Crippen LogP) is 4.47. The lowest BCUT2D eigenvalue weighted by Crippen LogP contribution is -2.13. The fourth-order valence-corrected chi connectivity index (χ4v) is 3.08. The van der Waals surface area contributed by atoms with Crippen LogP contribution in [0.5, 0.6) is 11.5 Å². The van der Waals surface area contributed by atoms with Gasteiger partial charge in [-0.05, 0) is 47.1 Å². The molecule has 8 heteroatoms. The molecule has 0 aliphatic heterocycles. The number of methoxy groups -OCH3 is 1. The van der Waals surface area contributed by atoms with Crippen molar-refractivity contribution in [1.29, 1.82) is 0 Å². The molecule has 140 valence electrons. The second kappa shape index (κ2) is 8.22. The molecular formula is C19H18BrN3O4. The molecule has 0 bridgehead atoms. The lowest BCUT2D eigenvalue weighted by molar-refractivity contribution is 0.102. The third-order valence-corrected chi connectivity index (χ3v) is 4.31. The molecule has 0 spiro atoms. The number of para-hydroxylation sites is 1. The second-order valence-corrected chi connectivity index (χ2v) is 6.41. The molecule has 0 radical (unpaired) electrons. The molecule has 0 atom stereocenters. The van der Waals surface area contributed by atoms with E-state index in [0.717, 1.165) is 0 Å². The summed E-state index contributed by atoms with van der Waals surface area (Å²) < 4.78 is 16.6. The van der Waals surface area contributed by atoms with Gasteiger partial charge in [-0.1, -0.05) is 17.3 Å². The molecule has 0 aliphatic carbocycles. The highest BCUT2D eigenvalue weighted by Gasteiger charge is 2.18. The maximum Gasteiger partial charge on any atom is 0.255 e. The Balaban J connectivity index is 1.92. The minimum absolute atomic E-state index is 0.301. The van der Waals surface area contributed by atoms with E-state index in [2.05, 4.69) is 31.4 Å². The third kappa shape index (κ3) is 4.11. The first-order valence-corrected chi connectivity index (χ1v) is 9.04. The van der Waals surface area contributed by atoms with E-state index >= 15 is 0 Å². The Morgan fingerprint density at radius 1 is 1.30 bits per heavy atom. The van der Waals surface area contributed by atoms with Crippen molar-refractivity contribution in [3.63, 3.8) is 0 Å². The van der Waals surface area contributed by atoms with E-state index in [4.69, 9.17) is 14.0 Å². The van der Waals surface area contributed by atoms with E-state index in [0.29, 0.717) is 51.1 Å². The Morgan fingerprint density at radius 3 is 2.74 bits per heavy atom. The SMILES string of the molecule is CCOc1c(Br)cc(C(=O)Nc2ccccc2-c2noc(C)n2)cc1OC. The molecule has 1 amide bonds. The number of nitrogens with zero attached hydrogens (tertiary/aromatic N) is 2. The van der Waals surface area contributed by atoms with Crippen LogP contribution in [0.15, 0.2) is 45.4 Å². The summed E-state index contributed by atoms with van der Waals surface area (Å²) in [5.41, 5.74) is 1.66. The molecule has 0 saturated carbocycles. The quantitative estimate of drug-likeness (QED) is 0.619. The van der Waals surface area contributed by atoms with Gasteiger partial charge in [-0.2, -0.15) is 4.98 Å². The topological polar surface area (TPSA) is 86.5 Å². The lowest BCUT2D eigenvalue weighted by atomic mass is 10.1. The van der Waals surface area contributed by atoms with Gasteiger partial charge in [0.15, 0.2) is 11.5 Å². The summed E-state index contributed by atoms with van der Waals surface area (Å²) in [5, 5.41) is 6.81. The van der Waals surface area contributed by atoms with Gasteiger partial charge in [-0.15, -0.1) is 0 Å². The Labute approximate surface area is 164 Å². The summed E-state index contributed by atoms with van der Waals surface area (Å²) in [7, 11) is 1.53. The Bertz CT molecular complexity index is 971. The van der Waals surface area contributed by atoms with Crippen molar-refractivity contribution in [2.75, 3.05) is 19.0 Å². The van der Waals surface area contributed by atoms with Gasteiger partial charge in [0.1, 0.15) is 0 Å². The van der Waals surface area contributed by atoms with E-state index in [1.165, 1.54) is 7.11 Å². The number of rotatable bonds is 6. The molecule has 1 heterocycles. The number of hydrogen-bond donors (Lipinski definition) is 1. The first kappa shape index (κ1) is 18.9. The van der Waals surface area contributed by atoms with Crippen LogP contribution in [-0.4, -0.2) is 29.8 Å². The minimum Gasteiger partial charge on any atom is -0.493 e. The smallest absolute Gasteiger partial charge is 0.255 e. The zero-order valence-corrected chi connectivity index (χ0v) is 16.7. The maximum atomic E-state index is 12.8. The normalized spacial score (nSPS) is 10.5. The number of hydrogen-bond acceptors (Lipinski definition) is 6. The highest BCUT2D eigenvalue weighted by Crippen LogP contribution is 2.37. The number of ether oxygens (including phenoxy) is 2. The summed E-state index contributed by atoms with van der Waals surface area (Å²) in [4.78, 5) is 17.0. The molecule has 3 aromatic rings. The molecule has 27 heavy (non-hydrogen) atoms. The van der Waals surface area contributed by atoms with Gasteiger partial charge in [-0.25, -0.2) is 0 Å². The van der Waals surface area contributed by atoms with Crippen LogP contribution in [0.2, 0.25) is 0 Å². The van der Waals surface area contributed by atoms with Crippen molar-refractivity contribution in [2.24, 2.45) is 0 Å². The molecule has 0 fully saturated rings. The number of carbonyl (C=O) groups is 1. The number of nitrogens with one attached hydrogen (secondary N) is 1. The Kier molecular flexibility index (Phi) is 5.75. The van der Waals surface area contributed by atoms with Gasteiger partial charge in [0, 0.05) is 18.1 Å². The van der Waals surface area contributed by atoms with Crippen LogP contribution in [0.25, 0.3) is 11.4 Å². The van der Waals surface area contributed by atoms with Gasteiger partial charge < -0.3 is 19.3 Å². The molecular weight excluding hydrogens is 414 g/mol. The zero-order valence-electron chi connectivity index (χ0n) is 15.1. The number of amides is 1. The molecule has 1 N–H and O–H groups in total. The molecule has 1 aromatic heterocycles. The van der Waals surface area contributed by atoms with E-state index in [9.17, 15) is 4.79 Å². The van der Waals surface area contributed by atoms with Crippen LogP contribution < -0.4 is 14.8 Å². The van der Waals surface area contributed by atoms with Gasteiger partial charge >= 0.3 is 0 Å². The molecule has 2 aromatic carbocycles. The number of halogens is 1. The van der Waals surface area contributed by atoms with E-state index in [1.54, 1.807) is 25.1 Å². The third-order valence-electron chi connectivity index (χ3n) is 3.72. The monoisotopic (exact) mass is 431 g/mol. The van der Waals surface area contributed by atoms with E-state index < -0.39 is 0 Å². The van der Waals surface area contributed by atoms with Crippen LogP contribution in [-0.2, 0) is 0 Å². The van der Waals surface area contributed by atoms with Crippen molar-refractivity contribution >= 4 is 27.5 Å². The van der Waals surface area contributed by atoms with Crippen molar-refractivity contribution in [1.82, 2.24) is 10.1 Å². The minimum atomic E-state index is -0.301. The summed E-state index contributed by atoms with van der Waals surface area (Å²) in [6.45, 7) is 4.07. The van der Waals surface area contributed by atoms with Crippen molar-refractivity contribution in [3.05, 3.63) is 52.3 Å². The molecule has 0 aliphatic rings. The fourth-order valence-electron chi connectivity index (χ4n) is 2.53. The van der Waals surface area contributed by atoms with Crippen molar-refractivity contribution in [3.8, 4) is 22.9 Å². The van der Waals surface area contributed by atoms with Crippen LogP contribution >= 0.6 is 15.9 Å². The second-order valence-electron chi connectivity index (χ2n) is 5.56. The van der Waals surface area contributed by atoms with Gasteiger partial charge in [0.2, 0.25) is 11.7 Å². The number of anilines is 1. The average molecular weight is 432 g/mol. The van der Waals surface area contributed by atoms with Crippen LogP contribution in [0.4, 0.5) is 5.69 Å². The fraction of sp³-hybridized carbons (Fsp3) is 0.211. The van der Waals surface area contributed by atoms with E-state index in [-0.39, 0.29) is 5.91 Å². The molecule has 0 saturated heterocycles. The highest BCUT2D eigenvalue weighted by molar-refractivity contribution is 9.10. The van der Waals surface area contributed by atoms with Crippen LogP contribution in [0.1, 0.15) is 23.2 Å². The van der Waals surface area contributed by atoms with Gasteiger partial charge in [0.25, 0.3) is 5.91 Å². The summed E-state index contributed by atoms with van der Waals surface area (Å²) in [5.74, 6) is 1.59. The van der Waals surface area contributed by atoms with Gasteiger partial charge in [0.05, 0.1) is 23.9 Å². The Hall–Kier alpha value is -2.87. The van der Waals surface area contributed by atoms with Crippen LogP contribution in [0.3, 0.4) is 0 Å². The van der Waals surface area contributed by atoms with Crippen molar-refractivity contribution < 1.29 is 18.8 Å². The molecule has 3 rings (SSSR count). The first-order chi connectivity index (χ1) is 13.0. The van der Waals surface area contributed by atoms with E-state index in [1.807, 2.05) is 25.1 Å². The number of aryl methyl sites for hydroxylation is 1. The molecule has 7 nitrogen and oxygen atoms in total. The number of carbonyl (C=O) groups excluding carboxylic acids is 1. The lowest BCUT2D eigenvalue weighted by Gasteiger charge is -2.14. The van der Waals surface area contributed by atoms with Crippen molar-refractivity contribution in [2.45, 2.75) is 13.8 Å². The molecule has 0 unspecified atom stereocenters. The zero-order chi connectivity index (χ0) is 19.4. The summed E-state index contributed by atoms with van der Waals surface area (Å²) >= 11 is 3.43. The summed E-state index contributed by atoms with van der Waals surface area (Å²) in [6.07, 6.45) is 0. The predicted molar refractivity (Wildman–Crippen MR) is 104 cm³/mol. The summed E-state index contributed by atoms with van der Waals surface area (Å²) in [6, 6.07) is 10.6. The number of aromatic nitrogens is 2. The first-order valence-electron chi connectivity index (χ1n) is 8.24. The standard InChI is InChI=1S/C19H18BrN3O4/c1-4-26-17-14(20)9-12(10-16(17)25-3)19(24)22-15-8-6-5-7-13(15)18-21-11(2)27-23-18/h5-10H,4H2,1-3H3,(H,22,24). The maximum absolute atomic E-state index is 12.8. The largest absolute Gasteiger partial charge is 0.493 e. The average Bonchev–Trinajstić information content (AvgIpc) is 3.09. The number of benzene rings is 2. The highest BCUT2D eigenvalue weighted by atomic mass is 79.9. The van der Waals surface area contributed by atoms with Gasteiger partial charge in [-0.3, -0.25) is 4.79 Å². The van der Waals surface area contributed by atoms with Crippen LogP contribution in [0, 0.1) is 6.92 Å². The Morgan fingerprint density at radius 2 is 2.07 bits per heavy atom.